The van der Waals surface area contributed by atoms with E-state index >= 15 is 0 Å². The van der Waals surface area contributed by atoms with Crippen LogP contribution in [0.1, 0.15) is 11.8 Å². The van der Waals surface area contributed by atoms with Crippen LogP contribution in [0.4, 0.5) is 0 Å². The van der Waals surface area contributed by atoms with E-state index in [0.717, 1.165) is 10.8 Å². The van der Waals surface area contributed by atoms with Crippen LogP contribution in [0.3, 0.4) is 0 Å². The molecule has 3 heterocycles. The molecule has 0 unspecified atom stereocenters. The highest BCUT2D eigenvalue weighted by Gasteiger charge is 2.40. The summed E-state index contributed by atoms with van der Waals surface area (Å²) in [5.41, 5.74) is 0.623. The number of pyridine rings is 1. The van der Waals surface area contributed by atoms with Crippen LogP contribution in [0.2, 0.25) is 0 Å². The molecular weight excluding hydrogens is 376 g/mol. The molecule has 0 radical (unpaired) electrons. The molecule has 1 fully saturated rings. The number of fused-ring (bicyclic) bond motifs is 1. The third-order valence-corrected chi connectivity index (χ3v) is 6.72. The van der Waals surface area contributed by atoms with E-state index in [1.54, 1.807) is 24.4 Å². The van der Waals surface area contributed by atoms with Crippen molar-refractivity contribution in [2.24, 2.45) is 0 Å². The molecule has 5 rings (SSSR count). The van der Waals surface area contributed by atoms with E-state index in [1.165, 1.54) is 4.31 Å². The van der Waals surface area contributed by atoms with Crippen molar-refractivity contribution in [3.63, 3.8) is 0 Å². The summed E-state index contributed by atoms with van der Waals surface area (Å²) < 4.78 is 32.6. The Hall–Kier alpha value is -3.10. The van der Waals surface area contributed by atoms with Gasteiger partial charge >= 0.3 is 0 Å². The van der Waals surface area contributed by atoms with Crippen molar-refractivity contribution in [2.45, 2.75) is 10.8 Å². The fourth-order valence-electron chi connectivity index (χ4n) is 3.27. The van der Waals surface area contributed by atoms with Gasteiger partial charge < -0.3 is 4.52 Å². The highest BCUT2D eigenvalue weighted by molar-refractivity contribution is 7.89. The van der Waals surface area contributed by atoms with Gasteiger partial charge in [0.1, 0.15) is 5.69 Å². The molecular formula is C20H16N4O3S. The second kappa shape index (κ2) is 6.50. The first-order chi connectivity index (χ1) is 13.6. The predicted molar refractivity (Wildman–Crippen MR) is 103 cm³/mol. The average Bonchev–Trinajstić information content (AvgIpc) is 3.16. The number of nitrogens with zero attached hydrogens (tertiary/aromatic N) is 4. The molecule has 0 aliphatic carbocycles. The van der Waals surface area contributed by atoms with Crippen LogP contribution in [0.5, 0.6) is 0 Å². The van der Waals surface area contributed by atoms with Crippen LogP contribution in [0, 0.1) is 0 Å². The Morgan fingerprint density at radius 1 is 0.964 bits per heavy atom. The molecule has 8 heteroatoms. The molecule has 1 saturated heterocycles. The van der Waals surface area contributed by atoms with E-state index < -0.39 is 10.0 Å². The molecule has 1 aliphatic rings. The molecule has 1 aliphatic heterocycles. The monoisotopic (exact) mass is 392 g/mol. The SMILES string of the molecule is O=S(=O)(c1ccc2ccccc2c1)N1CC(c2nc(-c3ccccn3)no2)C1. The van der Waals surface area contributed by atoms with E-state index in [-0.39, 0.29) is 5.92 Å². The molecule has 0 N–H and O–H groups in total. The number of hydrogen-bond acceptors (Lipinski definition) is 6. The van der Waals surface area contributed by atoms with Crippen LogP contribution in [0.25, 0.3) is 22.3 Å². The first-order valence-electron chi connectivity index (χ1n) is 8.85. The molecule has 0 saturated carbocycles. The van der Waals surface area contributed by atoms with Gasteiger partial charge in [-0.3, -0.25) is 4.98 Å². The maximum Gasteiger partial charge on any atom is 0.243 e. The molecule has 0 atom stereocenters. The summed E-state index contributed by atoms with van der Waals surface area (Å²) in [4.78, 5) is 8.86. The van der Waals surface area contributed by atoms with Crippen LogP contribution >= 0.6 is 0 Å². The summed E-state index contributed by atoms with van der Waals surface area (Å²) >= 11 is 0. The lowest BCUT2D eigenvalue weighted by atomic mass is 10.0. The summed E-state index contributed by atoms with van der Waals surface area (Å²) in [5.74, 6) is 0.734. The Balaban J connectivity index is 1.34. The van der Waals surface area contributed by atoms with Crippen molar-refractivity contribution in [1.29, 1.82) is 0 Å². The smallest absolute Gasteiger partial charge is 0.243 e. The zero-order valence-electron chi connectivity index (χ0n) is 14.8. The van der Waals surface area contributed by atoms with Crippen LogP contribution < -0.4 is 0 Å². The van der Waals surface area contributed by atoms with Gasteiger partial charge in [-0.2, -0.15) is 9.29 Å². The minimum Gasteiger partial charge on any atom is -0.339 e. The van der Waals surface area contributed by atoms with Crippen LogP contribution in [-0.4, -0.2) is 40.9 Å². The largest absolute Gasteiger partial charge is 0.339 e. The third kappa shape index (κ3) is 2.87. The summed E-state index contributed by atoms with van der Waals surface area (Å²) in [6.07, 6.45) is 1.66. The van der Waals surface area contributed by atoms with Crippen molar-refractivity contribution >= 4 is 20.8 Å². The zero-order chi connectivity index (χ0) is 19.1. The van der Waals surface area contributed by atoms with Gasteiger partial charge in [-0.05, 0) is 35.0 Å². The molecule has 2 aromatic heterocycles. The van der Waals surface area contributed by atoms with E-state index in [4.69, 9.17) is 4.52 Å². The summed E-state index contributed by atoms with van der Waals surface area (Å²) in [7, 11) is -3.55. The topological polar surface area (TPSA) is 89.2 Å². The van der Waals surface area contributed by atoms with Gasteiger partial charge in [-0.15, -0.1) is 0 Å². The molecule has 4 aromatic rings. The first kappa shape index (κ1) is 17.0. The minimum absolute atomic E-state index is 0.111. The maximum absolute atomic E-state index is 12.9. The van der Waals surface area contributed by atoms with Gasteiger partial charge in [-0.1, -0.05) is 41.6 Å². The molecule has 2 aromatic carbocycles. The van der Waals surface area contributed by atoms with Gasteiger partial charge in [0.05, 0.1) is 10.8 Å². The molecule has 140 valence electrons. The van der Waals surface area contributed by atoms with Crippen molar-refractivity contribution < 1.29 is 12.9 Å². The van der Waals surface area contributed by atoms with Gasteiger partial charge in [0, 0.05) is 19.3 Å². The average molecular weight is 392 g/mol. The normalized spacial score (nSPS) is 15.6. The molecule has 7 nitrogen and oxygen atoms in total. The van der Waals surface area contributed by atoms with Gasteiger partial charge in [0.2, 0.25) is 21.7 Å². The fraction of sp³-hybridized carbons (Fsp3) is 0.150. The highest BCUT2D eigenvalue weighted by Crippen LogP contribution is 2.32. The lowest BCUT2D eigenvalue weighted by Crippen LogP contribution is -2.48. The zero-order valence-corrected chi connectivity index (χ0v) is 15.6. The first-order valence-corrected chi connectivity index (χ1v) is 10.3. The third-order valence-electron chi connectivity index (χ3n) is 4.89. The number of rotatable bonds is 4. The number of benzene rings is 2. The van der Waals surface area contributed by atoms with E-state index in [2.05, 4.69) is 15.1 Å². The van der Waals surface area contributed by atoms with E-state index in [9.17, 15) is 8.42 Å². The molecule has 28 heavy (non-hydrogen) atoms. The number of aromatic nitrogens is 3. The van der Waals surface area contributed by atoms with Crippen LogP contribution in [0.15, 0.2) is 76.3 Å². The summed E-state index contributed by atoms with van der Waals surface area (Å²) in [6, 6.07) is 18.3. The van der Waals surface area contributed by atoms with Gasteiger partial charge in [-0.25, -0.2) is 8.42 Å². The highest BCUT2D eigenvalue weighted by atomic mass is 32.2. The number of sulfonamides is 1. The molecule has 0 spiro atoms. The van der Waals surface area contributed by atoms with Crippen molar-refractivity contribution in [2.75, 3.05) is 13.1 Å². The minimum atomic E-state index is -3.55. The van der Waals surface area contributed by atoms with Gasteiger partial charge in [0.15, 0.2) is 0 Å². The van der Waals surface area contributed by atoms with E-state index in [1.807, 2.05) is 42.5 Å². The molecule has 0 bridgehead atoms. The van der Waals surface area contributed by atoms with Crippen molar-refractivity contribution in [3.8, 4) is 11.5 Å². The Kier molecular flexibility index (Phi) is 3.96. The summed E-state index contributed by atoms with van der Waals surface area (Å²) in [5, 5.41) is 5.86. The molecule has 0 amide bonds. The lowest BCUT2D eigenvalue weighted by Gasteiger charge is -2.35. The van der Waals surface area contributed by atoms with Crippen molar-refractivity contribution in [3.05, 3.63) is 72.8 Å². The Morgan fingerprint density at radius 2 is 1.75 bits per heavy atom. The van der Waals surface area contributed by atoms with Crippen LogP contribution in [-0.2, 0) is 10.0 Å². The summed E-state index contributed by atoms with van der Waals surface area (Å²) in [6.45, 7) is 0.637. The van der Waals surface area contributed by atoms with E-state index in [0.29, 0.717) is 35.4 Å². The quantitative estimate of drug-likeness (QED) is 0.530. The lowest BCUT2D eigenvalue weighted by molar-refractivity contribution is 0.217. The Morgan fingerprint density at radius 3 is 2.54 bits per heavy atom. The second-order valence-electron chi connectivity index (χ2n) is 6.70. The standard InChI is InChI=1S/C20H16N4O3S/c25-28(26,17-9-8-14-5-1-2-6-15(14)11-17)24-12-16(13-24)20-22-19(23-27-20)18-7-3-4-10-21-18/h1-11,16H,12-13H2. The fourth-order valence-corrected chi connectivity index (χ4v) is 4.83. The Bertz CT molecular complexity index is 1250. The van der Waals surface area contributed by atoms with Gasteiger partial charge in [0.25, 0.3) is 0 Å². The Labute approximate surface area is 161 Å². The number of hydrogen-bond donors (Lipinski definition) is 0. The second-order valence-corrected chi connectivity index (χ2v) is 8.64. The van der Waals surface area contributed by atoms with Crippen molar-refractivity contribution in [1.82, 2.24) is 19.4 Å². The predicted octanol–water partition coefficient (Wildman–Crippen LogP) is 3.07. The maximum atomic E-state index is 12.9.